The second kappa shape index (κ2) is 6.38. The van der Waals surface area contributed by atoms with Gasteiger partial charge >= 0.3 is 0 Å². The van der Waals surface area contributed by atoms with E-state index in [1.165, 1.54) is 0 Å². The van der Waals surface area contributed by atoms with Crippen molar-refractivity contribution in [3.63, 3.8) is 0 Å². The normalized spacial score (nSPS) is 13.9. The van der Waals surface area contributed by atoms with E-state index in [-0.39, 0.29) is 6.04 Å². The number of rotatable bonds is 5. The summed E-state index contributed by atoms with van der Waals surface area (Å²) in [5.41, 5.74) is 1.40. The maximum Gasteiger partial charge on any atom is 0.120 e. The van der Waals surface area contributed by atoms with E-state index in [4.69, 9.17) is 9.68 Å². The molecule has 0 bridgehead atoms. The second-order valence-electron chi connectivity index (χ2n) is 4.88. The highest BCUT2D eigenvalue weighted by molar-refractivity contribution is 5.32. The third-order valence-corrected chi connectivity index (χ3v) is 3.50. The largest absolute Gasteiger partial charge is 0.468 e. The van der Waals surface area contributed by atoms with Gasteiger partial charge < -0.3 is 9.52 Å². The number of benzene rings is 1. The Hall–Kier alpha value is -2.09. The highest BCUT2D eigenvalue weighted by atomic mass is 16.3. The average Bonchev–Trinajstić information content (AvgIpc) is 3.00. The average molecular weight is 270 g/mol. The molecule has 104 valence electrons. The van der Waals surface area contributed by atoms with Gasteiger partial charge in [-0.15, -0.1) is 0 Å². The second-order valence-corrected chi connectivity index (χ2v) is 4.88. The molecule has 0 spiro atoms. The van der Waals surface area contributed by atoms with E-state index in [0.29, 0.717) is 12.1 Å². The Balaban J connectivity index is 1.99. The minimum absolute atomic E-state index is 0.0954. The van der Waals surface area contributed by atoms with Crippen LogP contribution in [0.2, 0.25) is 0 Å². The molecule has 0 amide bonds. The Bertz CT molecular complexity index is 570. The molecule has 1 heterocycles. The van der Waals surface area contributed by atoms with Crippen molar-refractivity contribution in [2.45, 2.75) is 19.1 Å². The number of nitrogens with zero attached hydrogens (tertiary/aromatic N) is 2. The van der Waals surface area contributed by atoms with Gasteiger partial charge in [-0.05, 0) is 43.8 Å². The van der Waals surface area contributed by atoms with Gasteiger partial charge in [0.1, 0.15) is 5.76 Å². The summed E-state index contributed by atoms with van der Waals surface area (Å²) in [6.45, 7) is 2.53. The zero-order valence-electron chi connectivity index (χ0n) is 11.7. The molecule has 20 heavy (non-hydrogen) atoms. The van der Waals surface area contributed by atoms with Crippen molar-refractivity contribution in [1.82, 2.24) is 4.90 Å². The Morgan fingerprint density at radius 2 is 2.00 bits per heavy atom. The van der Waals surface area contributed by atoms with E-state index < -0.39 is 6.10 Å². The van der Waals surface area contributed by atoms with Crippen LogP contribution in [0.5, 0.6) is 0 Å². The molecule has 1 N–H and O–H groups in total. The maximum absolute atomic E-state index is 10.2. The van der Waals surface area contributed by atoms with Crippen molar-refractivity contribution < 1.29 is 9.52 Å². The van der Waals surface area contributed by atoms with E-state index >= 15 is 0 Å². The van der Waals surface area contributed by atoms with Crippen LogP contribution >= 0.6 is 0 Å². The summed E-state index contributed by atoms with van der Waals surface area (Å²) in [5.74, 6) is 0.875. The van der Waals surface area contributed by atoms with Crippen LogP contribution in [0.4, 0.5) is 0 Å². The molecule has 4 nitrogen and oxygen atoms in total. The number of aliphatic hydroxyl groups is 1. The Labute approximate surface area is 118 Å². The third kappa shape index (κ3) is 3.27. The fraction of sp³-hybridized carbons (Fsp3) is 0.312. The van der Waals surface area contributed by atoms with Crippen molar-refractivity contribution in [1.29, 1.82) is 5.26 Å². The predicted molar refractivity (Wildman–Crippen MR) is 75.9 cm³/mol. The SMILES string of the molecule is CC(c1ccco1)N(C)CC(O)c1ccc(C#N)cc1. The van der Waals surface area contributed by atoms with Crippen molar-refractivity contribution >= 4 is 0 Å². The minimum Gasteiger partial charge on any atom is -0.468 e. The number of nitriles is 1. The minimum atomic E-state index is -0.592. The first-order valence-corrected chi connectivity index (χ1v) is 6.53. The van der Waals surface area contributed by atoms with Crippen LogP contribution in [0.3, 0.4) is 0 Å². The first kappa shape index (κ1) is 14.3. The lowest BCUT2D eigenvalue weighted by molar-refractivity contribution is 0.102. The molecule has 1 aromatic heterocycles. The zero-order valence-corrected chi connectivity index (χ0v) is 11.7. The molecule has 1 aromatic carbocycles. The lowest BCUT2D eigenvalue weighted by Gasteiger charge is -2.25. The fourth-order valence-electron chi connectivity index (χ4n) is 2.06. The molecular weight excluding hydrogens is 252 g/mol. The summed E-state index contributed by atoms with van der Waals surface area (Å²) in [6.07, 6.45) is 1.06. The van der Waals surface area contributed by atoms with Crippen molar-refractivity contribution in [3.05, 3.63) is 59.5 Å². The Morgan fingerprint density at radius 1 is 1.30 bits per heavy atom. The molecule has 0 aliphatic heterocycles. The van der Waals surface area contributed by atoms with Crippen LogP contribution < -0.4 is 0 Å². The molecule has 0 saturated carbocycles. The van der Waals surface area contributed by atoms with Crippen LogP contribution in [0.1, 0.15) is 36.0 Å². The van der Waals surface area contributed by atoms with Crippen LogP contribution in [0.25, 0.3) is 0 Å². The molecule has 0 radical (unpaired) electrons. The molecule has 2 aromatic rings. The quantitative estimate of drug-likeness (QED) is 0.907. The summed E-state index contributed by atoms with van der Waals surface area (Å²) < 4.78 is 5.37. The highest BCUT2D eigenvalue weighted by Crippen LogP contribution is 2.22. The van der Waals surface area contributed by atoms with Gasteiger partial charge in [0, 0.05) is 6.54 Å². The van der Waals surface area contributed by atoms with Gasteiger partial charge in [-0.1, -0.05) is 12.1 Å². The monoisotopic (exact) mass is 270 g/mol. The zero-order chi connectivity index (χ0) is 14.5. The molecular formula is C16H18N2O2. The van der Waals surface area contributed by atoms with Crippen LogP contribution in [-0.4, -0.2) is 23.6 Å². The van der Waals surface area contributed by atoms with Gasteiger partial charge in [-0.25, -0.2) is 0 Å². The summed E-state index contributed by atoms with van der Waals surface area (Å²) in [5, 5.41) is 19.0. The first-order valence-electron chi connectivity index (χ1n) is 6.53. The Kier molecular flexibility index (Phi) is 4.57. The van der Waals surface area contributed by atoms with Gasteiger partial charge in [0.15, 0.2) is 0 Å². The summed E-state index contributed by atoms with van der Waals surface area (Å²) in [4.78, 5) is 2.03. The summed E-state index contributed by atoms with van der Waals surface area (Å²) in [7, 11) is 1.94. The fourth-order valence-corrected chi connectivity index (χ4v) is 2.06. The predicted octanol–water partition coefficient (Wildman–Crippen LogP) is 2.88. The molecule has 0 aliphatic rings. The van der Waals surface area contributed by atoms with Gasteiger partial charge in [0.2, 0.25) is 0 Å². The molecule has 2 atom stereocenters. The van der Waals surface area contributed by atoms with Gasteiger partial charge in [0.25, 0.3) is 0 Å². The number of hydrogen-bond acceptors (Lipinski definition) is 4. The molecule has 0 aliphatic carbocycles. The van der Waals surface area contributed by atoms with Crippen LogP contribution in [0.15, 0.2) is 47.1 Å². The first-order chi connectivity index (χ1) is 9.61. The lowest BCUT2D eigenvalue weighted by Crippen LogP contribution is -2.27. The van der Waals surface area contributed by atoms with E-state index in [2.05, 4.69) is 6.07 Å². The van der Waals surface area contributed by atoms with E-state index in [1.54, 1.807) is 30.5 Å². The van der Waals surface area contributed by atoms with Crippen molar-refractivity contribution in [2.24, 2.45) is 0 Å². The standard InChI is InChI=1S/C16H18N2O2/c1-12(16-4-3-9-20-16)18(2)11-15(19)14-7-5-13(10-17)6-8-14/h3-9,12,15,19H,11H2,1-2H3. The van der Waals surface area contributed by atoms with E-state index in [9.17, 15) is 5.11 Å². The number of aliphatic hydroxyl groups excluding tert-OH is 1. The topological polar surface area (TPSA) is 60.4 Å². The summed E-state index contributed by atoms with van der Waals surface area (Å²) in [6, 6.07) is 13.0. The van der Waals surface area contributed by atoms with Crippen LogP contribution in [-0.2, 0) is 0 Å². The molecule has 2 unspecified atom stereocenters. The van der Waals surface area contributed by atoms with Crippen molar-refractivity contribution in [3.8, 4) is 6.07 Å². The highest BCUT2D eigenvalue weighted by Gasteiger charge is 2.18. The number of furan rings is 1. The third-order valence-electron chi connectivity index (χ3n) is 3.50. The number of hydrogen-bond donors (Lipinski definition) is 1. The molecule has 4 heteroatoms. The summed E-state index contributed by atoms with van der Waals surface area (Å²) >= 11 is 0. The smallest absolute Gasteiger partial charge is 0.120 e. The maximum atomic E-state index is 10.2. The van der Waals surface area contributed by atoms with Gasteiger partial charge in [-0.2, -0.15) is 5.26 Å². The van der Waals surface area contributed by atoms with Gasteiger partial charge in [0.05, 0.1) is 30.0 Å². The number of likely N-dealkylation sites (N-methyl/N-ethyl adjacent to an activating group) is 1. The van der Waals surface area contributed by atoms with Crippen molar-refractivity contribution in [2.75, 3.05) is 13.6 Å². The lowest BCUT2D eigenvalue weighted by atomic mass is 10.1. The van der Waals surface area contributed by atoms with Gasteiger partial charge in [-0.3, -0.25) is 4.90 Å². The molecule has 0 saturated heterocycles. The van der Waals surface area contributed by atoms with E-state index in [1.807, 2.05) is 31.0 Å². The van der Waals surface area contributed by atoms with Crippen LogP contribution in [0, 0.1) is 11.3 Å². The molecule has 0 fully saturated rings. The van der Waals surface area contributed by atoms with E-state index in [0.717, 1.165) is 11.3 Å². The molecule has 2 rings (SSSR count). The Morgan fingerprint density at radius 3 is 2.55 bits per heavy atom.